The Balaban J connectivity index is 1.65. The summed E-state index contributed by atoms with van der Waals surface area (Å²) < 4.78 is 42.1. The summed E-state index contributed by atoms with van der Waals surface area (Å²) in [7, 11) is 3.39. The van der Waals surface area contributed by atoms with Gasteiger partial charge < -0.3 is 20.9 Å². The molecule has 0 aliphatic carbocycles. The summed E-state index contributed by atoms with van der Waals surface area (Å²) in [4.78, 5) is 40.7. The van der Waals surface area contributed by atoms with Gasteiger partial charge in [-0.25, -0.2) is 4.68 Å². The molecule has 13 heteroatoms. The minimum atomic E-state index is -4.57. The Labute approximate surface area is 213 Å². The summed E-state index contributed by atoms with van der Waals surface area (Å²) in [6.45, 7) is 3.85. The number of hydrogen-bond acceptors (Lipinski definition) is 6. The molecule has 2 heterocycles. The molecule has 1 aromatic heterocycles. The Bertz CT molecular complexity index is 1130. The summed E-state index contributed by atoms with van der Waals surface area (Å²) in [6.07, 6.45) is -5.16. The summed E-state index contributed by atoms with van der Waals surface area (Å²) >= 11 is 0. The molecule has 1 aliphatic rings. The number of nitrogens with one attached hydrogen (secondary N) is 1. The highest BCUT2D eigenvalue weighted by Crippen LogP contribution is 2.37. The zero-order chi connectivity index (χ0) is 27.5. The second-order valence-corrected chi connectivity index (χ2v) is 10.0. The van der Waals surface area contributed by atoms with E-state index in [0.717, 1.165) is 10.4 Å². The first-order valence-electron chi connectivity index (χ1n) is 12.2. The zero-order valence-electron chi connectivity index (χ0n) is 21.5. The summed E-state index contributed by atoms with van der Waals surface area (Å²) in [5, 5.41) is 10.6. The fraction of sp³-hybridized carbons (Fsp3) is 0.625. The fourth-order valence-electron chi connectivity index (χ4n) is 4.52. The van der Waals surface area contributed by atoms with Gasteiger partial charge in [0.2, 0.25) is 17.7 Å². The van der Waals surface area contributed by atoms with Crippen LogP contribution in [0.1, 0.15) is 38.7 Å². The summed E-state index contributed by atoms with van der Waals surface area (Å²) in [6, 6.07) is 2.75. The predicted octanol–water partition coefficient (Wildman–Crippen LogP) is 1.59. The van der Waals surface area contributed by atoms with Crippen molar-refractivity contribution in [1.29, 1.82) is 0 Å². The number of amides is 3. The molecule has 0 bridgehead atoms. The predicted molar refractivity (Wildman–Crippen MR) is 130 cm³/mol. The van der Waals surface area contributed by atoms with Gasteiger partial charge in [0.15, 0.2) is 0 Å². The standard InChI is InChI=1S/C24H34F3N7O3/c1-14(2)12-32(3)21(35)8-6-17(28)23(37)34-13-16(24(25,26)27)10-20(34)22(36)29-11-15-5-7-19-18(9-15)30-31-33(19)4/h5,7,9,14,16-17,20H,6,8,10-13,28H2,1-4H3,(H,29,36). The normalized spacial score (nSPS) is 18.9. The second kappa shape index (κ2) is 11.4. The van der Waals surface area contributed by atoms with Crippen molar-refractivity contribution in [1.82, 2.24) is 30.1 Å². The van der Waals surface area contributed by atoms with Gasteiger partial charge in [-0.1, -0.05) is 25.1 Å². The number of likely N-dealkylation sites (tertiary alicyclic amines) is 1. The largest absolute Gasteiger partial charge is 0.393 e. The smallest absolute Gasteiger partial charge is 0.350 e. The Kier molecular flexibility index (Phi) is 8.77. The van der Waals surface area contributed by atoms with Crippen LogP contribution in [0.15, 0.2) is 18.2 Å². The molecule has 2 aromatic rings. The molecular weight excluding hydrogens is 491 g/mol. The minimum absolute atomic E-state index is 0.0195. The molecule has 0 spiro atoms. The average Bonchev–Trinajstić information content (AvgIpc) is 3.44. The number of aryl methyl sites for hydroxylation is 1. The van der Waals surface area contributed by atoms with E-state index >= 15 is 0 Å². The van der Waals surface area contributed by atoms with Gasteiger partial charge in [0.1, 0.15) is 11.6 Å². The van der Waals surface area contributed by atoms with Gasteiger partial charge in [0, 0.05) is 40.2 Å². The molecule has 1 aliphatic heterocycles. The van der Waals surface area contributed by atoms with Gasteiger partial charge in [-0.15, -0.1) is 5.10 Å². The number of benzene rings is 1. The van der Waals surface area contributed by atoms with Gasteiger partial charge in [-0.05, 0) is 36.5 Å². The van der Waals surface area contributed by atoms with E-state index in [1.54, 1.807) is 37.0 Å². The lowest BCUT2D eigenvalue weighted by Gasteiger charge is -2.27. The van der Waals surface area contributed by atoms with Gasteiger partial charge in [0.25, 0.3) is 0 Å². The van der Waals surface area contributed by atoms with Crippen LogP contribution in [0.4, 0.5) is 13.2 Å². The lowest BCUT2D eigenvalue weighted by molar-refractivity contribution is -0.171. The number of fused-ring (bicyclic) bond motifs is 1. The van der Waals surface area contributed by atoms with E-state index in [1.807, 2.05) is 13.8 Å². The number of nitrogens with zero attached hydrogens (tertiary/aromatic N) is 5. The van der Waals surface area contributed by atoms with Crippen LogP contribution in [0.3, 0.4) is 0 Å². The molecule has 204 valence electrons. The minimum Gasteiger partial charge on any atom is -0.350 e. The van der Waals surface area contributed by atoms with Crippen LogP contribution in [-0.2, 0) is 28.0 Å². The second-order valence-electron chi connectivity index (χ2n) is 10.0. The van der Waals surface area contributed by atoms with Crippen LogP contribution >= 0.6 is 0 Å². The van der Waals surface area contributed by atoms with Crippen LogP contribution in [0.2, 0.25) is 0 Å². The molecule has 1 aromatic carbocycles. The van der Waals surface area contributed by atoms with E-state index in [9.17, 15) is 27.6 Å². The van der Waals surface area contributed by atoms with E-state index < -0.39 is 49.0 Å². The number of carbonyl (C=O) groups excluding carboxylic acids is 3. The lowest BCUT2D eigenvalue weighted by atomic mass is 10.0. The summed E-state index contributed by atoms with van der Waals surface area (Å²) in [5.41, 5.74) is 8.08. The molecule has 3 N–H and O–H groups in total. The number of nitrogens with two attached hydrogens (primary N) is 1. The van der Waals surface area contributed by atoms with Crippen LogP contribution in [0.25, 0.3) is 11.0 Å². The van der Waals surface area contributed by atoms with E-state index in [1.165, 1.54) is 4.90 Å². The number of hydrogen-bond donors (Lipinski definition) is 2. The Morgan fingerprint density at radius 3 is 2.62 bits per heavy atom. The molecule has 1 fully saturated rings. The Hall–Kier alpha value is -3.22. The third-order valence-electron chi connectivity index (χ3n) is 6.54. The highest BCUT2D eigenvalue weighted by Gasteiger charge is 2.51. The Morgan fingerprint density at radius 2 is 1.97 bits per heavy atom. The van der Waals surface area contributed by atoms with Crippen LogP contribution < -0.4 is 11.1 Å². The van der Waals surface area contributed by atoms with Crippen molar-refractivity contribution >= 4 is 28.8 Å². The van der Waals surface area contributed by atoms with Crippen LogP contribution in [0.5, 0.6) is 0 Å². The first kappa shape index (κ1) is 28.4. The van der Waals surface area contributed by atoms with Gasteiger partial charge in [0.05, 0.1) is 17.5 Å². The van der Waals surface area contributed by atoms with Crippen molar-refractivity contribution in [3.63, 3.8) is 0 Å². The van der Waals surface area contributed by atoms with E-state index in [2.05, 4.69) is 15.6 Å². The monoisotopic (exact) mass is 525 g/mol. The van der Waals surface area contributed by atoms with Gasteiger partial charge >= 0.3 is 6.18 Å². The zero-order valence-corrected chi connectivity index (χ0v) is 21.5. The maximum atomic E-state index is 13.5. The van der Waals surface area contributed by atoms with Crippen molar-refractivity contribution < 1.29 is 27.6 Å². The van der Waals surface area contributed by atoms with Gasteiger partial charge in [-0.3, -0.25) is 14.4 Å². The molecule has 3 unspecified atom stereocenters. The van der Waals surface area contributed by atoms with Crippen LogP contribution in [0, 0.1) is 11.8 Å². The molecule has 3 atom stereocenters. The number of alkyl halides is 3. The molecule has 3 amide bonds. The topological polar surface area (TPSA) is 126 Å². The maximum Gasteiger partial charge on any atom is 0.393 e. The summed E-state index contributed by atoms with van der Waals surface area (Å²) in [5.74, 6) is -3.25. The molecule has 10 nitrogen and oxygen atoms in total. The fourth-order valence-corrected chi connectivity index (χ4v) is 4.52. The number of aromatic nitrogens is 3. The highest BCUT2D eigenvalue weighted by molar-refractivity contribution is 5.90. The van der Waals surface area contributed by atoms with Crippen molar-refractivity contribution in [3.8, 4) is 0 Å². The Morgan fingerprint density at radius 1 is 1.27 bits per heavy atom. The van der Waals surface area contributed by atoms with E-state index in [0.29, 0.717) is 17.6 Å². The quantitative estimate of drug-likeness (QED) is 0.512. The number of halogens is 3. The third kappa shape index (κ3) is 6.96. The molecule has 37 heavy (non-hydrogen) atoms. The molecule has 0 saturated carbocycles. The number of rotatable bonds is 9. The van der Waals surface area contributed by atoms with Crippen molar-refractivity contribution in [2.45, 2.75) is 57.9 Å². The van der Waals surface area contributed by atoms with E-state index in [4.69, 9.17) is 5.73 Å². The first-order chi connectivity index (χ1) is 17.3. The third-order valence-corrected chi connectivity index (χ3v) is 6.54. The van der Waals surface area contributed by atoms with Crippen molar-refractivity contribution in [2.24, 2.45) is 24.6 Å². The SMILES string of the molecule is CC(C)CN(C)C(=O)CCC(N)C(=O)N1CC(C(F)(F)F)CC1C(=O)NCc1ccc2c(c1)nnn2C. The van der Waals surface area contributed by atoms with Crippen molar-refractivity contribution in [2.75, 3.05) is 20.1 Å². The van der Waals surface area contributed by atoms with Gasteiger partial charge in [-0.2, -0.15) is 13.2 Å². The molecule has 0 radical (unpaired) electrons. The molecular formula is C24H34F3N7O3. The number of carbonyl (C=O) groups is 3. The van der Waals surface area contributed by atoms with Crippen LogP contribution in [-0.4, -0.2) is 80.9 Å². The first-order valence-corrected chi connectivity index (χ1v) is 12.2. The highest BCUT2D eigenvalue weighted by atomic mass is 19.4. The van der Waals surface area contributed by atoms with E-state index in [-0.39, 0.29) is 31.2 Å². The average molecular weight is 526 g/mol. The van der Waals surface area contributed by atoms with Crippen molar-refractivity contribution in [3.05, 3.63) is 23.8 Å². The maximum absolute atomic E-state index is 13.5. The lowest BCUT2D eigenvalue weighted by Crippen LogP contribution is -2.51. The molecule has 3 rings (SSSR count). The molecule has 1 saturated heterocycles.